The molecule has 1 N–H and O–H groups in total. The quantitative estimate of drug-likeness (QED) is 0.214. The molecule has 3 aliphatic rings. The molecular weight excluding hydrogens is 648 g/mol. The number of nitrogens with one attached hydrogen (secondary N) is 1. The predicted octanol–water partition coefficient (Wildman–Crippen LogP) is 4.15. The third-order valence-electron chi connectivity index (χ3n) is 9.67. The number of methoxy groups -OCH3 is 1. The number of nitro groups is 1. The molecule has 2 fully saturated rings. The highest BCUT2D eigenvalue weighted by atomic mass is 32.2. The van der Waals surface area contributed by atoms with Gasteiger partial charge in [0.05, 0.1) is 28.3 Å². The van der Waals surface area contributed by atoms with Gasteiger partial charge in [0.15, 0.2) is 0 Å². The van der Waals surface area contributed by atoms with E-state index in [2.05, 4.69) is 14.5 Å². The highest BCUT2D eigenvalue weighted by molar-refractivity contribution is 7.92. The summed E-state index contributed by atoms with van der Waals surface area (Å²) < 4.78 is 37.2. The van der Waals surface area contributed by atoms with Crippen LogP contribution in [0.1, 0.15) is 28.4 Å². The van der Waals surface area contributed by atoms with E-state index in [1.165, 1.54) is 31.4 Å². The van der Waals surface area contributed by atoms with Gasteiger partial charge in [0.1, 0.15) is 5.75 Å². The van der Waals surface area contributed by atoms with Crippen LogP contribution in [0.25, 0.3) is 0 Å². The summed E-state index contributed by atoms with van der Waals surface area (Å²) in [5.41, 5.74) is 3.16. The first kappa shape index (κ1) is 32.2. The van der Waals surface area contributed by atoms with Crippen molar-refractivity contribution in [3.05, 3.63) is 117 Å². The summed E-state index contributed by atoms with van der Waals surface area (Å²) in [7, 11) is -2.53. The molecule has 0 spiro atoms. The van der Waals surface area contributed by atoms with E-state index in [0.29, 0.717) is 68.5 Å². The zero-order chi connectivity index (χ0) is 34.3. The highest BCUT2D eigenvalue weighted by Crippen LogP contribution is 2.40. The number of piperidine rings is 1. The molecule has 14 heteroatoms. The number of nitrogens with zero attached hydrogens (tertiary/aromatic N) is 5. The molecule has 2 bridgehead atoms. The third kappa shape index (κ3) is 6.43. The lowest BCUT2D eigenvalue weighted by Gasteiger charge is -2.44. The molecular formula is C35H36N6O7S. The maximum atomic E-state index is 13.8. The molecule has 0 aliphatic carbocycles. The van der Waals surface area contributed by atoms with Crippen LogP contribution in [0.3, 0.4) is 0 Å². The zero-order valence-corrected chi connectivity index (χ0v) is 27.7. The number of hydrogen-bond acceptors (Lipinski definition) is 9. The third-order valence-corrected chi connectivity index (χ3v) is 11.1. The van der Waals surface area contributed by atoms with E-state index in [0.717, 1.165) is 17.8 Å². The molecule has 4 aromatic rings. The molecule has 4 heterocycles. The minimum Gasteiger partial charge on any atom is -0.497 e. The van der Waals surface area contributed by atoms with Crippen molar-refractivity contribution in [3.63, 3.8) is 0 Å². The average molecular weight is 685 g/mol. The number of carbonyl (C=O) groups excluding carboxylic acids is 1. The van der Waals surface area contributed by atoms with Crippen LogP contribution in [0.5, 0.6) is 5.75 Å². The lowest BCUT2D eigenvalue weighted by atomic mass is 9.83. The molecule has 49 heavy (non-hydrogen) atoms. The van der Waals surface area contributed by atoms with E-state index in [1.54, 1.807) is 53.4 Å². The van der Waals surface area contributed by atoms with Gasteiger partial charge in [-0.1, -0.05) is 6.07 Å². The Balaban J connectivity index is 1.15. The summed E-state index contributed by atoms with van der Waals surface area (Å²) in [4.78, 5) is 43.1. The van der Waals surface area contributed by atoms with E-state index >= 15 is 0 Å². The average Bonchev–Trinajstić information content (AvgIpc) is 3.11. The number of ether oxygens (including phenoxy) is 1. The molecule has 1 amide bonds. The predicted molar refractivity (Wildman–Crippen MR) is 185 cm³/mol. The number of carbonyl (C=O) groups is 1. The number of nitro benzene ring substituents is 1. The molecule has 1 aromatic heterocycles. The molecule has 254 valence electrons. The second-order valence-electron chi connectivity index (χ2n) is 12.7. The van der Waals surface area contributed by atoms with E-state index in [4.69, 9.17) is 4.74 Å². The lowest BCUT2D eigenvalue weighted by Crippen LogP contribution is -2.49. The molecule has 2 atom stereocenters. The van der Waals surface area contributed by atoms with E-state index < -0.39 is 14.9 Å². The van der Waals surface area contributed by atoms with Crippen molar-refractivity contribution in [1.82, 2.24) is 9.47 Å². The van der Waals surface area contributed by atoms with Crippen molar-refractivity contribution in [1.29, 1.82) is 0 Å². The number of rotatable bonds is 8. The zero-order valence-electron chi connectivity index (χ0n) is 26.9. The lowest BCUT2D eigenvalue weighted by molar-refractivity contribution is -0.384. The molecule has 7 rings (SSSR count). The number of hydrogen-bond donors (Lipinski definition) is 1. The van der Waals surface area contributed by atoms with Crippen molar-refractivity contribution in [2.24, 2.45) is 5.92 Å². The number of amides is 1. The van der Waals surface area contributed by atoms with Crippen molar-refractivity contribution in [2.45, 2.75) is 23.8 Å². The van der Waals surface area contributed by atoms with Crippen LogP contribution in [-0.4, -0.2) is 75.1 Å². The summed E-state index contributed by atoms with van der Waals surface area (Å²) in [6, 6.07) is 23.0. The fourth-order valence-corrected chi connectivity index (χ4v) is 8.28. The van der Waals surface area contributed by atoms with Gasteiger partial charge in [-0.05, 0) is 73.0 Å². The summed E-state index contributed by atoms with van der Waals surface area (Å²) in [5.74, 6) is 0.607. The van der Waals surface area contributed by atoms with Crippen molar-refractivity contribution < 1.29 is 22.9 Å². The maximum Gasteiger partial charge on any atom is 0.269 e. The topological polar surface area (TPSA) is 147 Å². The Bertz CT molecular complexity index is 2060. The number of aromatic nitrogens is 1. The van der Waals surface area contributed by atoms with Gasteiger partial charge in [-0.2, -0.15) is 0 Å². The normalized spacial score (nSPS) is 18.8. The first-order valence-corrected chi connectivity index (χ1v) is 17.6. The maximum absolute atomic E-state index is 13.8. The van der Waals surface area contributed by atoms with Gasteiger partial charge in [0.25, 0.3) is 27.2 Å². The summed E-state index contributed by atoms with van der Waals surface area (Å²) in [5, 5.41) is 11.0. The number of non-ortho nitro benzene ring substituents is 1. The van der Waals surface area contributed by atoms with Crippen LogP contribution in [0.4, 0.5) is 22.7 Å². The van der Waals surface area contributed by atoms with Gasteiger partial charge in [0.2, 0.25) is 0 Å². The molecule has 3 aliphatic heterocycles. The van der Waals surface area contributed by atoms with Crippen molar-refractivity contribution >= 4 is 38.7 Å². The molecule has 0 unspecified atom stereocenters. The number of piperazine rings is 1. The number of anilines is 3. The minimum atomic E-state index is -4.04. The van der Waals surface area contributed by atoms with Gasteiger partial charge in [0, 0.05) is 86.9 Å². The number of fused-ring (bicyclic) bond motifs is 4. The first-order chi connectivity index (χ1) is 23.6. The van der Waals surface area contributed by atoms with Crippen LogP contribution in [0.15, 0.2) is 94.6 Å². The van der Waals surface area contributed by atoms with Gasteiger partial charge in [-0.3, -0.25) is 24.4 Å². The molecule has 0 radical (unpaired) electrons. The monoisotopic (exact) mass is 684 g/mol. The standard InChI is InChI=1S/C35H36N6O7S/c1-48-29-10-12-30(13-11-29)49(46,47)36-31-20-25(35(43)38-17-15-37(16-18-38)27-6-8-28(9-7-27)41(44)45)5-14-33(31)39-21-24-19-26(23-39)32-3-2-4-34(42)40(32)22-24/h2-14,20,24,26,36H,15-19,21-23H2,1H3/t24-,26+/m1/s1. The highest BCUT2D eigenvalue weighted by Gasteiger charge is 2.36. The largest absolute Gasteiger partial charge is 0.497 e. The van der Waals surface area contributed by atoms with Crippen LogP contribution in [0, 0.1) is 16.0 Å². The van der Waals surface area contributed by atoms with Gasteiger partial charge in [-0.25, -0.2) is 8.42 Å². The van der Waals surface area contributed by atoms with Crippen LogP contribution in [0.2, 0.25) is 0 Å². The Morgan fingerprint density at radius 1 is 0.898 bits per heavy atom. The number of pyridine rings is 1. The van der Waals surface area contributed by atoms with Crippen molar-refractivity contribution in [3.8, 4) is 5.75 Å². The van der Waals surface area contributed by atoms with Crippen LogP contribution in [-0.2, 0) is 16.6 Å². The molecule has 3 aromatic carbocycles. The Morgan fingerprint density at radius 3 is 2.33 bits per heavy atom. The van der Waals surface area contributed by atoms with E-state index in [9.17, 15) is 28.1 Å². The summed E-state index contributed by atoms with van der Waals surface area (Å²) in [6.07, 6.45) is 0.940. The van der Waals surface area contributed by atoms with Crippen molar-refractivity contribution in [2.75, 3.05) is 60.9 Å². The van der Waals surface area contributed by atoms with E-state index in [-0.39, 0.29) is 33.9 Å². The first-order valence-electron chi connectivity index (χ1n) is 16.1. The smallest absolute Gasteiger partial charge is 0.269 e. The Kier molecular flexibility index (Phi) is 8.49. The SMILES string of the molecule is COc1ccc(S(=O)(=O)Nc2cc(C(=O)N3CCN(c4ccc([N+](=O)[O-])cc4)CC3)ccc2N2C[C@H]3C[C@@H](C2)c2cccc(=O)n2C3)cc1. The second-order valence-corrected chi connectivity index (χ2v) is 14.4. The minimum absolute atomic E-state index is 0.00923. The second kappa shape index (κ2) is 12.9. The van der Waals surface area contributed by atoms with Crippen LogP contribution < -0.4 is 24.8 Å². The fourth-order valence-electron chi connectivity index (χ4n) is 7.21. The van der Waals surface area contributed by atoms with Crippen LogP contribution >= 0.6 is 0 Å². The number of benzene rings is 3. The Hall–Kier alpha value is -5.37. The molecule has 13 nitrogen and oxygen atoms in total. The van der Waals surface area contributed by atoms with Gasteiger partial charge in [-0.15, -0.1) is 0 Å². The summed E-state index contributed by atoms with van der Waals surface area (Å²) in [6.45, 7) is 3.76. The van der Waals surface area contributed by atoms with Gasteiger partial charge < -0.3 is 24.0 Å². The Morgan fingerprint density at radius 2 is 1.63 bits per heavy atom. The fraction of sp³-hybridized carbons (Fsp3) is 0.314. The molecule has 0 saturated carbocycles. The number of sulfonamides is 1. The summed E-state index contributed by atoms with van der Waals surface area (Å²) >= 11 is 0. The van der Waals surface area contributed by atoms with E-state index in [1.807, 2.05) is 16.7 Å². The molecule has 2 saturated heterocycles. The van der Waals surface area contributed by atoms with Gasteiger partial charge >= 0.3 is 0 Å². The Labute approximate surface area is 283 Å².